The first-order chi connectivity index (χ1) is 10.8. The summed E-state index contributed by atoms with van der Waals surface area (Å²) in [6.07, 6.45) is 4.89. The van der Waals surface area contributed by atoms with Crippen molar-refractivity contribution in [3.63, 3.8) is 0 Å². The van der Waals surface area contributed by atoms with Gasteiger partial charge in [-0.1, -0.05) is 49.6 Å². The smallest absolute Gasteiger partial charge is 0.240 e. The predicted molar refractivity (Wildman–Crippen MR) is 95.1 cm³/mol. The fourth-order valence-corrected chi connectivity index (χ4v) is 3.35. The Morgan fingerprint density at radius 1 is 1.22 bits per heavy atom. The summed E-state index contributed by atoms with van der Waals surface area (Å²) < 4.78 is 0. The SMILES string of the molecule is CC(NC(C)(C)CNC(=O)C1(N)CCCCC1)c1ccccc1. The lowest BCUT2D eigenvalue weighted by atomic mass is 9.82. The molecule has 1 aliphatic rings. The third-order valence-corrected chi connectivity index (χ3v) is 4.80. The first-order valence-electron chi connectivity index (χ1n) is 8.72. The van der Waals surface area contributed by atoms with E-state index in [9.17, 15) is 4.79 Å². The quantitative estimate of drug-likeness (QED) is 0.756. The number of carbonyl (C=O) groups is 1. The van der Waals surface area contributed by atoms with Crippen LogP contribution in [0.1, 0.15) is 64.5 Å². The number of hydrogen-bond donors (Lipinski definition) is 3. The number of hydrogen-bond acceptors (Lipinski definition) is 3. The molecule has 4 heteroatoms. The Morgan fingerprint density at radius 3 is 2.43 bits per heavy atom. The van der Waals surface area contributed by atoms with Crippen LogP contribution in [-0.2, 0) is 4.79 Å². The monoisotopic (exact) mass is 317 g/mol. The number of carbonyl (C=O) groups excluding carboxylic acids is 1. The van der Waals surface area contributed by atoms with Gasteiger partial charge in [0, 0.05) is 18.1 Å². The van der Waals surface area contributed by atoms with Gasteiger partial charge in [0.25, 0.3) is 0 Å². The van der Waals surface area contributed by atoms with E-state index in [-0.39, 0.29) is 17.5 Å². The van der Waals surface area contributed by atoms with Gasteiger partial charge in [0.2, 0.25) is 5.91 Å². The number of nitrogens with two attached hydrogens (primary N) is 1. The lowest BCUT2D eigenvalue weighted by Crippen LogP contribution is -2.58. The van der Waals surface area contributed by atoms with Crippen LogP contribution in [0.15, 0.2) is 30.3 Å². The van der Waals surface area contributed by atoms with E-state index in [4.69, 9.17) is 5.73 Å². The molecule has 4 nitrogen and oxygen atoms in total. The Hall–Kier alpha value is -1.39. The highest BCUT2D eigenvalue weighted by Gasteiger charge is 2.36. The average Bonchev–Trinajstić information content (AvgIpc) is 2.54. The fourth-order valence-electron chi connectivity index (χ4n) is 3.35. The maximum atomic E-state index is 12.5. The molecule has 1 saturated carbocycles. The van der Waals surface area contributed by atoms with Gasteiger partial charge in [-0.05, 0) is 39.2 Å². The van der Waals surface area contributed by atoms with Gasteiger partial charge in [-0.3, -0.25) is 4.79 Å². The molecule has 128 valence electrons. The summed E-state index contributed by atoms with van der Waals surface area (Å²) in [5, 5.41) is 6.65. The topological polar surface area (TPSA) is 67.1 Å². The molecule has 1 amide bonds. The molecule has 0 heterocycles. The van der Waals surface area contributed by atoms with Gasteiger partial charge in [0.05, 0.1) is 5.54 Å². The number of rotatable bonds is 6. The van der Waals surface area contributed by atoms with E-state index in [1.807, 2.05) is 18.2 Å². The molecule has 0 bridgehead atoms. The maximum absolute atomic E-state index is 12.5. The zero-order valence-corrected chi connectivity index (χ0v) is 14.7. The first-order valence-corrected chi connectivity index (χ1v) is 8.72. The Kier molecular flexibility index (Phi) is 5.82. The van der Waals surface area contributed by atoms with Crippen molar-refractivity contribution in [2.75, 3.05) is 6.54 Å². The van der Waals surface area contributed by atoms with Crippen LogP contribution in [0.4, 0.5) is 0 Å². The molecule has 1 atom stereocenters. The Labute approximate surface area is 140 Å². The number of benzene rings is 1. The highest BCUT2D eigenvalue weighted by Crippen LogP contribution is 2.26. The second-order valence-corrected chi connectivity index (χ2v) is 7.56. The lowest BCUT2D eigenvalue weighted by molar-refractivity contribution is -0.127. The maximum Gasteiger partial charge on any atom is 0.240 e. The fraction of sp³-hybridized carbons (Fsp3) is 0.632. The highest BCUT2D eigenvalue weighted by molar-refractivity contribution is 5.86. The Balaban J connectivity index is 1.87. The molecular formula is C19H31N3O. The summed E-state index contributed by atoms with van der Waals surface area (Å²) in [5.74, 6) is -0.000519. The van der Waals surface area contributed by atoms with E-state index in [1.54, 1.807) is 0 Å². The molecule has 2 rings (SSSR count). The van der Waals surface area contributed by atoms with E-state index in [2.05, 4.69) is 43.5 Å². The van der Waals surface area contributed by atoms with Crippen molar-refractivity contribution in [1.29, 1.82) is 0 Å². The molecule has 4 N–H and O–H groups in total. The summed E-state index contributed by atoms with van der Waals surface area (Å²) in [7, 11) is 0. The largest absolute Gasteiger partial charge is 0.353 e. The molecule has 0 aliphatic heterocycles. The lowest BCUT2D eigenvalue weighted by Gasteiger charge is -2.35. The Bertz CT molecular complexity index is 507. The molecule has 1 unspecified atom stereocenters. The van der Waals surface area contributed by atoms with Crippen LogP contribution in [0.25, 0.3) is 0 Å². The zero-order chi connectivity index (χ0) is 16.9. The van der Waals surface area contributed by atoms with Crippen molar-refractivity contribution < 1.29 is 4.79 Å². The van der Waals surface area contributed by atoms with Crippen molar-refractivity contribution in [2.24, 2.45) is 5.73 Å². The second-order valence-electron chi connectivity index (χ2n) is 7.56. The van der Waals surface area contributed by atoms with E-state index in [0.29, 0.717) is 6.54 Å². The van der Waals surface area contributed by atoms with Crippen molar-refractivity contribution >= 4 is 5.91 Å². The van der Waals surface area contributed by atoms with Crippen LogP contribution >= 0.6 is 0 Å². The number of nitrogens with one attached hydrogen (secondary N) is 2. The molecule has 1 aromatic rings. The zero-order valence-electron chi connectivity index (χ0n) is 14.7. The van der Waals surface area contributed by atoms with E-state index >= 15 is 0 Å². The van der Waals surface area contributed by atoms with E-state index in [1.165, 1.54) is 12.0 Å². The van der Waals surface area contributed by atoms with Gasteiger partial charge < -0.3 is 16.4 Å². The third-order valence-electron chi connectivity index (χ3n) is 4.80. The highest BCUT2D eigenvalue weighted by atomic mass is 16.2. The third kappa shape index (κ3) is 5.05. The van der Waals surface area contributed by atoms with Gasteiger partial charge in [0.1, 0.15) is 0 Å². The minimum atomic E-state index is -0.667. The molecule has 1 fully saturated rings. The molecule has 0 radical (unpaired) electrons. The summed E-state index contributed by atoms with van der Waals surface area (Å²) >= 11 is 0. The number of amides is 1. The van der Waals surface area contributed by atoms with E-state index in [0.717, 1.165) is 25.7 Å². The second kappa shape index (κ2) is 7.45. The predicted octanol–water partition coefficient (Wildman–Crippen LogP) is 2.89. The summed E-state index contributed by atoms with van der Waals surface area (Å²) in [6, 6.07) is 10.6. The Morgan fingerprint density at radius 2 is 1.83 bits per heavy atom. The summed E-state index contributed by atoms with van der Waals surface area (Å²) in [6.45, 7) is 6.93. The van der Waals surface area contributed by atoms with Crippen molar-refractivity contribution in [3.05, 3.63) is 35.9 Å². The van der Waals surface area contributed by atoms with E-state index < -0.39 is 5.54 Å². The van der Waals surface area contributed by atoms with Crippen LogP contribution in [0.3, 0.4) is 0 Å². The summed E-state index contributed by atoms with van der Waals surface area (Å²) in [4.78, 5) is 12.5. The van der Waals surface area contributed by atoms with Crippen LogP contribution in [0, 0.1) is 0 Å². The molecule has 1 aromatic carbocycles. The minimum Gasteiger partial charge on any atom is -0.353 e. The first kappa shape index (κ1) is 18.0. The molecule has 0 saturated heterocycles. The van der Waals surface area contributed by atoms with Crippen LogP contribution in [0.2, 0.25) is 0 Å². The van der Waals surface area contributed by atoms with Crippen molar-refractivity contribution in [2.45, 2.75) is 70.0 Å². The molecular weight excluding hydrogens is 286 g/mol. The molecule has 23 heavy (non-hydrogen) atoms. The van der Waals surface area contributed by atoms with Crippen LogP contribution in [-0.4, -0.2) is 23.5 Å². The van der Waals surface area contributed by atoms with Gasteiger partial charge in [-0.2, -0.15) is 0 Å². The van der Waals surface area contributed by atoms with Gasteiger partial charge in [-0.15, -0.1) is 0 Å². The normalized spacial score (nSPS) is 19.1. The minimum absolute atomic E-state index is 0.000519. The standard InChI is InChI=1S/C19H31N3O/c1-15(16-10-6-4-7-11-16)22-18(2,3)14-21-17(23)19(20)12-8-5-9-13-19/h4,6-7,10-11,15,22H,5,8-9,12-14,20H2,1-3H3,(H,21,23). The van der Waals surface area contributed by atoms with Gasteiger partial charge in [0.15, 0.2) is 0 Å². The average molecular weight is 317 g/mol. The molecule has 0 aromatic heterocycles. The van der Waals surface area contributed by atoms with Crippen molar-refractivity contribution in [3.8, 4) is 0 Å². The van der Waals surface area contributed by atoms with Crippen LogP contribution in [0.5, 0.6) is 0 Å². The van der Waals surface area contributed by atoms with Gasteiger partial charge in [-0.25, -0.2) is 0 Å². The summed E-state index contributed by atoms with van der Waals surface area (Å²) in [5.41, 5.74) is 6.67. The van der Waals surface area contributed by atoms with Crippen molar-refractivity contribution in [1.82, 2.24) is 10.6 Å². The van der Waals surface area contributed by atoms with Gasteiger partial charge >= 0.3 is 0 Å². The molecule has 1 aliphatic carbocycles. The molecule has 0 spiro atoms. The van der Waals surface area contributed by atoms with Crippen LogP contribution < -0.4 is 16.4 Å².